The standard InChI is InChI=1S/C20H23FN6O2/c1-22-20(27(2)13-14-28-16-8-6-15(21)7-9-16)24-12-10-18-25-19(29-26-18)17-5-3-4-11-23-17/h3-9,11H,10,12-14H2,1-2H3,(H,22,24). The van der Waals surface area contributed by atoms with Gasteiger partial charge in [0.1, 0.15) is 23.9 Å². The fourth-order valence-electron chi connectivity index (χ4n) is 2.56. The van der Waals surface area contributed by atoms with Crippen LogP contribution < -0.4 is 10.1 Å². The van der Waals surface area contributed by atoms with Crippen molar-refractivity contribution in [2.24, 2.45) is 4.99 Å². The molecule has 0 saturated carbocycles. The number of aromatic nitrogens is 3. The van der Waals surface area contributed by atoms with Crippen LogP contribution in [0.3, 0.4) is 0 Å². The molecule has 0 aliphatic heterocycles. The van der Waals surface area contributed by atoms with Crippen molar-refractivity contribution in [2.75, 3.05) is 33.8 Å². The maximum atomic E-state index is 12.9. The summed E-state index contributed by atoms with van der Waals surface area (Å²) in [6.45, 7) is 1.65. The number of nitrogens with one attached hydrogen (secondary N) is 1. The van der Waals surface area contributed by atoms with E-state index in [-0.39, 0.29) is 5.82 Å². The zero-order valence-electron chi connectivity index (χ0n) is 16.4. The zero-order valence-corrected chi connectivity index (χ0v) is 16.4. The van der Waals surface area contributed by atoms with E-state index in [1.54, 1.807) is 25.4 Å². The van der Waals surface area contributed by atoms with Crippen LogP contribution in [0.2, 0.25) is 0 Å². The van der Waals surface area contributed by atoms with Gasteiger partial charge in [0.2, 0.25) is 0 Å². The van der Waals surface area contributed by atoms with E-state index in [2.05, 4.69) is 25.4 Å². The van der Waals surface area contributed by atoms with E-state index in [0.29, 0.717) is 49.3 Å². The summed E-state index contributed by atoms with van der Waals surface area (Å²) in [4.78, 5) is 14.8. The zero-order chi connectivity index (χ0) is 20.5. The minimum Gasteiger partial charge on any atom is -0.492 e. The molecule has 0 unspecified atom stereocenters. The average molecular weight is 398 g/mol. The Morgan fingerprint density at radius 2 is 2.07 bits per heavy atom. The first-order valence-corrected chi connectivity index (χ1v) is 9.20. The fraction of sp³-hybridized carbons (Fsp3) is 0.300. The van der Waals surface area contributed by atoms with Gasteiger partial charge >= 0.3 is 0 Å². The molecule has 1 aromatic carbocycles. The highest BCUT2D eigenvalue weighted by Crippen LogP contribution is 2.13. The van der Waals surface area contributed by atoms with Crippen LogP contribution in [0.5, 0.6) is 5.75 Å². The number of halogens is 1. The van der Waals surface area contributed by atoms with Gasteiger partial charge in [-0.25, -0.2) is 4.39 Å². The van der Waals surface area contributed by atoms with E-state index >= 15 is 0 Å². The first-order chi connectivity index (χ1) is 14.2. The van der Waals surface area contributed by atoms with Crippen molar-refractivity contribution in [3.05, 3.63) is 60.3 Å². The molecule has 3 aromatic rings. The van der Waals surface area contributed by atoms with Gasteiger partial charge < -0.3 is 19.5 Å². The van der Waals surface area contributed by atoms with E-state index in [9.17, 15) is 4.39 Å². The molecule has 152 valence electrons. The summed E-state index contributed by atoms with van der Waals surface area (Å²) in [7, 11) is 3.63. The van der Waals surface area contributed by atoms with Gasteiger partial charge in [-0.1, -0.05) is 11.2 Å². The number of nitrogens with zero attached hydrogens (tertiary/aromatic N) is 5. The van der Waals surface area contributed by atoms with Crippen molar-refractivity contribution < 1.29 is 13.7 Å². The highest BCUT2D eigenvalue weighted by molar-refractivity contribution is 5.79. The van der Waals surface area contributed by atoms with Gasteiger partial charge in [-0.2, -0.15) is 4.98 Å². The maximum Gasteiger partial charge on any atom is 0.276 e. The van der Waals surface area contributed by atoms with E-state index in [0.717, 1.165) is 5.96 Å². The van der Waals surface area contributed by atoms with Crippen molar-refractivity contribution in [1.29, 1.82) is 0 Å². The highest BCUT2D eigenvalue weighted by Gasteiger charge is 2.10. The van der Waals surface area contributed by atoms with Crippen molar-refractivity contribution in [1.82, 2.24) is 25.3 Å². The van der Waals surface area contributed by atoms with Crippen molar-refractivity contribution >= 4 is 5.96 Å². The Hall–Kier alpha value is -3.49. The summed E-state index contributed by atoms with van der Waals surface area (Å²) in [5.74, 6) is 2.06. The van der Waals surface area contributed by atoms with E-state index in [1.165, 1.54) is 12.1 Å². The molecule has 1 N–H and O–H groups in total. The number of hydrogen-bond donors (Lipinski definition) is 1. The molecule has 0 fully saturated rings. The summed E-state index contributed by atoms with van der Waals surface area (Å²) in [5.41, 5.74) is 0.649. The summed E-state index contributed by atoms with van der Waals surface area (Å²) in [5, 5.41) is 7.24. The summed E-state index contributed by atoms with van der Waals surface area (Å²) in [6, 6.07) is 11.5. The quantitative estimate of drug-likeness (QED) is 0.460. The maximum absolute atomic E-state index is 12.9. The van der Waals surface area contributed by atoms with Gasteiger partial charge in [-0.3, -0.25) is 9.98 Å². The van der Waals surface area contributed by atoms with E-state index in [1.807, 2.05) is 30.1 Å². The Labute approximate surface area is 168 Å². The number of pyridine rings is 1. The molecule has 0 bridgehead atoms. The molecular weight excluding hydrogens is 375 g/mol. The van der Waals surface area contributed by atoms with Crippen LogP contribution in [0.1, 0.15) is 5.82 Å². The van der Waals surface area contributed by atoms with Crippen LogP contribution >= 0.6 is 0 Å². The third-order valence-corrected chi connectivity index (χ3v) is 4.07. The Kier molecular flexibility index (Phi) is 7.10. The second-order valence-electron chi connectivity index (χ2n) is 6.18. The van der Waals surface area contributed by atoms with Gasteiger partial charge in [0.15, 0.2) is 11.8 Å². The lowest BCUT2D eigenvalue weighted by molar-refractivity contribution is 0.281. The Morgan fingerprint density at radius 3 is 2.79 bits per heavy atom. The number of aliphatic imine (C=N–C) groups is 1. The van der Waals surface area contributed by atoms with Crippen LogP contribution in [0.25, 0.3) is 11.6 Å². The first-order valence-electron chi connectivity index (χ1n) is 9.20. The summed E-state index contributed by atoms with van der Waals surface area (Å²) >= 11 is 0. The molecule has 0 saturated heterocycles. The topological polar surface area (TPSA) is 88.7 Å². The lowest BCUT2D eigenvalue weighted by Gasteiger charge is -2.22. The van der Waals surface area contributed by atoms with Gasteiger partial charge in [0.05, 0.1) is 6.54 Å². The lowest BCUT2D eigenvalue weighted by atomic mass is 10.3. The van der Waals surface area contributed by atoms with Crippen molar-refractivity contribution in [2.45, 2.75) is 6.42 Å². The molecule has 0 atom stereocenters. The second-order valence-corrected chi connectivity index (χ2v) is 6.18. The van der Waals surface area contributed by atoms with Gasteiger partial charge in [-0.05, 0) is 36.4 Å². The number of hydrogen-bond acceptors (Lipinski definition) is 6. The largest absolute Gasteiger partial charge is 0.492 e. The first kappa shape index (κ1) is 20.2. The predicted molar refractivity (Wildman–Crippen MR) is 107 cm³/mol. The van der Waals surface area contributed by atoms with Crippen LogP contribution in [0.15, 0.2) is 58.2 Å². The Morgan fingerprint density at radius 1 is 1.24 bits per heavy atom. The molecule has 3 rings (SSSR count). The number of rotatable bonds is 8. The minimum atomic E-state index is -0.284. The second kappa shape index (κ2) is 10.2. The van der Waals surface area contributed by atoms with Gasteiger partial charge in [-0.15, -0.1) is 0 Å². The molecule has 29 heavy (non-hydrogen) atoms. The monoisotopic (exact) mass is 398 g/mol. The molecule has 0 spiro atoms. The molecule has 0 aliphatic rings. The smallest absolute Gasteiger partial charge is 0.276 e. The molecule has 9 heteroatoms. The molecule has 2 aromatic heterocycles. The van der Waals surface area contributed by atoms with E-state index in [4.69, 9.17) is 9.26 Å². The molecule has 0 aliphatic carbocycles. The highest BCUT2D eigenvalue weighted by atomic mass is 19.1. The third-order valence-electron chi connectivity index (χ3n) is 4.07. The number of ether oxygens (including phenoxy) is 1. The average Bonchev–Trinajstić information content (AvgIpc) is 3.22. The molecule has 0 radical (unpaired) electrons. The fourth-order valence-corrected chi connectivity index (χ4v) is 2.56. The van der Waals surface area contributed by atoms with Gasteiger partial charge in [0, 0.05) is 33.3 Å². The number of likely N-dealkylation sites (N-methyl/N-ethyl adjacent to an activating group) is 1. The third kappa shape index (κ3) is 6.00. The van der Waals surface area contributed by atoms with Crippen molar-refractivity contribution in [3.8, 4) is 17.3 Å². The van der Waals surface area contributed by atoms with Crippen LogP contribution in [0.4, 0.5) is 4.39 Å². The molecule has 2 heterocycles. The SMILES string of the molecule is CN=C(NCCc1noc(-c2ccccn2)n1)N(C)CCOc1ccc(F)cc1. The number of guanidine groups is 1. The lowest BCUT2D eigenvalue weighted by Crippen LogP contribution is -2.41. The summed E-state index contributed by atoms with van der Waals surface area (Å²) in [6.07, 6.45) is 2.26. The van der Waals surface area contributed by atoms with Crippen LogP contribution in [-0.4, -0.2) is 59.8 Å². The molecule has 0 amide bonds. The van der Waals surface area contributed by atoms with Gasteiger partial charge in [0.25, 0.3) is 5.89 Å². The van der Waals surface area contributed by atoms with Crippen molar-refractivity contribution in [3.63, 3.8) is 0 Å². The van der Waals surface area contributed by atoms with Crippen LogP contribution in [0, 0.1) is 5.82 Å². The molecular formula is C20H23FN6O2. The Bertz CT molecular complexity index is 914. The predicted octanol–water partition coefficient (Wildman–Crippen LogP) is 2.40. The van der Waals surface area contributed by atoms with E-state index < -0.39 is 0 Å². The van der Waals surface area contributed by atoms with Crippen LogP contribution in [-0.2, 0) is 6.42 Å². The normalized spacial score (nSPS) is 11.3. The molecule has 8 nitrogen and oxygen atoms in total. The summed E-state index contributed by atoms with van der Waals surface area (Å²) < 4.78 is 23.8. The number of benzene rings is 1. The minimum absolute atomic E-state index is 0.284. The Balaban J connectivity index is 1.41.